The van der Waals surface area contributed by atoms with Gasteiger partial charge in [0, 0.05) is 23.9 Å². The molecule has 5 nitrogen and oxygen atoms in total. The summed E-state index contributed by atoms with van der Waals surface area (Å²) in [4.78, 5) is 8.38. The molecule has 1 aromatic rings. The van der Waals surface area contributed by atoms with E-state index in [4.69, 9.17) is 5.73 Å². The standard InChI is InChI=1S/C12H21N5S/c1-3-14-10-7-11(17-12(13)16-10)15-8-4-5-9(6-8)18-2/h7-9H,3-6H2,1-2H3,(H4,13,14,15,16,17). The molecule has 0 bridgehead atoms. The third-order valence-electron chi connectivity index (χ3n) is 3.17. The average molecular weight is 267 g/mol. The number of nitrogens with one attached hydrogen (secondary N) is 2. The Morgan fingerprint density at radius 2 is 2.17 bits per heavy atom. The minimum Gasteiger partial charge on any atom is -0.370 e. The van der Waals surface area contributed by atoms with Gasteiger partial charge in [0.05, 0.1) is 0 Å². The normalized spacial score (nSPS) is 23.0. The first-order valence-electron chi connectivity index (χ1n) is 6.39. The topological polar surface area (TPSA) is 75.9 Å². The first kappa shape index (κ1) is 13.3. The number of nitrogens with two attached hydrogens (primary N) is 1. The van der Waals surface area contributed by atoms with E-state index in [9.17, 15) is 0 Å². The number of nitrogen functional groups attached to an aromatic ring is 1. The van der Waals surface area contributed by atoms with Crippen molar-refractivity contribution in [2.75, 3.05) is 29.2 Å². The molecular weight excluding hydrogens is 246 g/mol. The molecule has 1 aliphatic rings. The summed E-state index contributed by atoms with van der Waals surface area (Å²) in [7, 11) is 0. The zero-order chi connectivity index (χ0) is 13.0. The second-order valence-corrected chi connectivity index (χ2v) is 5.68. The molecule has 18 heavy (non-hydrogen) atoms. The van der Waals surface area contributed by atoms with E-state index < -0.39 is 0 Å². The Labute approximate surface area is 112 Å². The van der Waals surface area contributed by atoms with E-state index in [1.54, 1.807) is 0 Å². The van der Waals surface area contributed by atoms with Crippen LogP contribution in [-0.4, -0.2) is 34.1 Å². The van der Waals surface area contributed by atoms with Crippen LogP contribution in [0.2, 0.25) is 0 Å². The molecule has 1 aliphatic carbocycles. The lowest BCUT2D eigenvalue weighted by Crippen LogP contribution is -2.18. The number of aromatic nitrogens is 2. The summed E-state index contributed by atoms with van der Waals surface area (Å²) < 4.78 is 0. The van der Waals surface area contributed by atoms with Crippen molar-refractivity contribution >= 4 is 29.3 Å². The zero-order valence-corrected chi connectivity index (χ0v) is 11.8. The monoisotopic (exact) mass is 267 g/mol. The van der Waals surface area contributed by atoms with E-state index >= 15 is 0 Å². The van der Waals surface area contributed by atoms with Gasteiger partial charge in [-0.05, 0) is 32.4 Å². The third kappa shape index (κ3) is 3.41. The SMILES string of the molecule is CCNc1cc(NC2CCC(SC)C2)nc(N)n1. The smallest absolute Gasteiger partial charge is 0.223 e. The van der Waals surface area contributed by atoms with Crippen LogP contribution in [0.1, 0.15) is 26.2 Å². The molecule has 6 heteroatoms. The minimum absolute atomic E-state index is 0.315. The summed E-state index contributed by atoms with van der Waals surface area (Å²) >= 11 is 1.95. The highest BCUT2D eigenvalue weighted by molar-refractivity contribution is 7.99. The summed E-state index contributed by atoms with van der Waals surface area (Å²) in [5.74, 6) is 1.92. The van der Waals surface area contributed by atoms with Crippen molar-refractivity contribution in [1.82, 2.24) is 9.97 Å². The highest BCUT2D eigenvalue weighted by Crippen LogP contribution is 2.30. The summed E-state index contributed by atoms with van der Waals surface area (Å²) in [6.45, 7) is 2.86. The Bertz CT molecular complexity index is 398. The van der Waals surface area contributed by atoms with Gasteiger partial charge in [-0.15, -0.1) is 0 Å². The molecule has 1 heterocycles. The average Bonchev–Trinajstić information content (AvgIpc) is 2.76. The van der Waals surface area contributed by atoms with Gasteiger partial charge in [0.1, 0.15) is 11.6 Å². The van der Waals surface area contributed by atoms with Crippen molar-refractivity contribution < 1.29 is 0 Å². The molecule has 100 valence electrons. The fourth-order valence-corrected chi connectivity index (χ4v) is 3.10. The number of anilines is 3. The maximum atomic E-state index is 5.71. The Balaban J connectivity index is 2.00. The van der Waals surface area contributed by atoms with E-state index in [2.05, 4.69) is 26.9 Å². The van der Waals surface area contributed by atoms with Gasteiger partial charge in [0.25, 0.3) is 0 Å². The van der Waals surface area contributed by atoms with E-state index in [0.29, 0.717) is 12.0 Å². The maximum absolute atomic E-state index is 5.71. The largest absolute Gasteiger partial charge is 0.370 e. The molecule has 1 saturated carbocycles. The molecule has 0 amide bonds. The molecule has 1 fully saturated rings. The highest BCUT2D eigenvalue weighted by Gasteiger charge is 2.24. The van der Waals surface area contributed by atoms with Gasteiger partial charge in [-0.3, -0.25) is 0 Å². The second kappa shape index (κ2) is 6.13. The second-order valence-electron chi connectivity index (χ2n) is 4.54. The van der Waals surface area contributed by atoms with Gasteiger partial charge in [-0.2, -0.15) is 21.7 Å². The quantitative estimate of drug-likeness (QED) is 0.759. The highest BCUT2D eigenvalue weighted by atomic mass is 32.2. The lowest BCUT2D eigenvalue weighted by Gasteiger charge is -2.14. The number of rotatable bonds is 5. The molecule has 0 radical (unpaired) electrons. The number of thioether (sulfide) groups is 1. The van der Waals surface area contributed by atoms with Crippen LogP contribution in [-0.2, 0) is 0 Å². The van der Waals surface area contributed by atoms with Gasteiger partial charge in [-0.25, -0.2) is 0 Å². The van der Waals surface area contributed by atoms with E-state index in [0.717, 1.165) is 23.4 Å². The Morgan fingerprint density at radius 3 is 2.83 bits per heavy atom. The molecule has 0 spiro atoms. The zero-order valence-electron chi connectivity index (χ0n) is 10.9. The molecule has 4 N–H and O–H groups in total. The van der Waals surface area contributed by atoms with Gasteiger partial charge in [0.15, 0.2) is 0 Å². The van der Waals surface area contributed by atoms with Crippen LogP contribution in [0.4, 0.5) is 17.6 Å². The fourth-order valence-electron chi connectivity index (χ4n) is 2.31. The van der Waals surface area contributed by atoms with Crippen molar-refractivity contribution in [2.24, 2.45) is 0 Å². The summed E-state index contributed by atoms with van der Waals surface area (Å²) in [5, 5.41) is 7.39. The van der Waals surface area contributed by atoms with E-state index in [1.807, 2.05) is 24.8 Å². The number of hydrogen-bond donors (Lipinski definition) is 3. The predicted octanol–water partition coefficient (Wildman–Crippen LogP) is 2.19. The van der Waals surface area contributed by atoms with Gasteiger partial charge < -0.3 is 16.4 Å². The third-order valence-corrected chi connectivity index (χ3v) is 4.27. The van der Waals surface area contributed by atoms with E-state index in [1.165, 1.54) is 19.3 Å². The van der Waals surface area contributed by atoms with Crippen molar-refractivity contribution in [3.05, 3.63) is 6.07 Å². The van der Waals surface area contributed by atoms with Crippen molar-refractivity contribution in [1.29, 1.82) is 0 Å². The molecular formula is C12H21N5S. The maximum Gasteiger partial charge on any atom is 0.223 e. The number of nitrogens with zero attached hydrogens (tertiary/aromatic N) is 2. The van der Waals surface area contributed by atoms with Crippen LogP contribution in [0.5, 0.6) is 0 Å². The first-order chi connectivity index (χ1) is 8.71. The fraction of sp³-hybridized carbons (Fsp3) is 0.667. The summed E-state index contributed by atoms with van der Waals surface area (Å²) in [6, 6.07) is 2.43. The summed E-state index contributed by atoms with van der Waals surface area (Å²) in [6.07, 6.45) is 5.85. The van der Waals surface area contributed by atoms with Crippen LogP contribution in [0, 0.1) is 0 Å². The van der Waals surface area contributed by atoms with Crippen molar-refractivity contribution in [3.63, 3.8) is 0 Å². The minimum atomic E-state index is 0.315. The molecule has 2 rings (SSSR count). The van der Waals surface area contributed by atoms with E-state index in [-0.39, 0.29) is 0 Å². The van der Waals surface area contributed by atoms with Crippen molar-refractivity contribution in [2.45, 2.75) is 37.5 Å². The summed E-state index contributed by atoms with van der Waals surface area (Å²) in [5.41, 5.74) is 5.71. The molecule has 1 aromatic heterocycles. The van der Waals surface area contributed by atoms with Crippen LogP contribution >= 0.6 is 11.8 Å². The Kier molecular flexibility index (Phi) is 4.52. The van der Waals surface area contributed by atoms with Gasteiger partial charge in [0.2, 0.25) is 5.95 Å². The molecule has 2 atom stereocenters. The molecule has 0 aliphatic heterocycles. The molecule has 0 aromatic carbocycles. The predicted molar refractivity (Wildman–Crippen MR) is 79.2 cm³/mol. The number of hydrogen-bond acceptors (Lipinski definition) is 6. The lowest BCUT2D eigenvalue weighted by atomic mass is 10.2. The van der Waals surface area contributed by atoms with Gasteiger partial charge >= 0.3 is 0 Å². The Hall–Kier alpha value is -1.17. The van der Waals surface area contributed by atoms with Crippen LogP contribution in [0.15, 0.2) is 6.07 Å². The Morgan fingerprint density at radius 1 is 1.39 bits per heavy atom. The van der Waals surface area contributed by atoms with Gasteiger partial charge in [-0.1, -0.05) is 0 Å². The van der Waals surface area contributed by atoms with Crippen LogP contribution < -0.4 is 16.4 Å². The van der Waals surface area contributed by atoms with Crippen molar-refractivity contribution in [3.8, 4) is 0 Å². The van der Waals surface area contributed by atoms with Crippen LogP contribution in [0.3, 0.4) is 0 Å². The molecule has 0 saturated heterocycles. The molecule has 2 unspecified atom stereocenters. The first-order valence-corrected chi connectivity index (χ1v) is 7.67. The van der Waals surface area contributed by atoms with Crippen LogP contribution in [0.25, 0.3) is 0 Å². The lowest BCUT2D eigenvalue weighted by molar-refractivity contribution is 0.752.